The molecule has 4 rings (SSSR count). The number of aromatic amines is 1. The highest BCUT2D eigenvalue weighted by Gasteiger charge is 2.17. The van der Waals surface area contributed by atoms with Gasteiger partial charge >= 0.3 is 0 Å². The van der Waals surface area contributed by atoms with Gasteiger partial charge in [0, 0.05) is 45.1 Å². The number of H-pyrrole nitrogens is 1. The van der Waals surface area contributed by atoms with Crippen LogP contribution >= 0.6 is 23.4 Å². The summed E-state index contributed by atoms with van der Waals surface area (Å²) in [7, 11) is 0. The summed E-state index contributed by atoms with van der Waals surface area (Å²) < 4.78 is 5.43. The van der Waals surface area contributed by atoms with Gasteiger partial charge in [-0.2, -0.15) is 0 Å². The van der Waals surface area contributed by atoms with Gasteiger partial charge in [0.05, 0.1) is 21.7 Å². The number of thioether (sulfide) groups is 1. The fraction of sp³-hybridized carbons (Fsp3) is 0.588. The number of fused-ring (bicyclic) bond motifs is 1. The standard InChI is InChI=1S/C17H23ClN4OS/c18-13-9-14-15(10-16(13)22-5-3-19-4-6-22)21-17(20-14)24-11-12-1-7-23-8-2-12/h9-10,12,19H,1-8,11H2,(H,20,21). The fourth-order valence-electron chi connectivity index (χ4n) is 3.32. The first kappa shape index (κ1) is 16.5. The monoisotopic (exact) mass is 366 g/mol. The number of aromatic nitrogens is 2. The Morgan fingerprint density at radius 2 is 2.04 bits per heavy atom. The molecule has 0 amide bonds. The Balaban J connectivity index is 1.49. The predicted molar refractivity (Wildman–Crippen MR) is 100 cm³/mol. The van der Waals surface area contributed by atoms with Crippen LogP contribution in [0.25, 0.3) is 11.0 Å². The second-order valence-electron chi connectivity index (χ2n) is 6.47. The smallest absolute Gasteiger partial charge is 0.166 e. The van der Waals surface area contributed by atoms with Crippen molar-refractivity contribution in [1.82, 2.24) is 15.3 Å². The van der Waals surface area contributed by atoms with Gasteiger partial charge in [0.2, 0.25) is 0 Å². The molecule has 0 aliphatic carbocycles. The van der Waals surface area contributed by atoms with E-state index in [1.165, 1.54) is 0 Å². The van der Waals surface area contributed by atoms with Crippen LogP contribution < -0.4 is 10.2 Å². The Morgan fingerprint density at radius 1 is 1.25 bits per heavy atom. The number of hydrogen-bond acceptors (Lipinski definition) is 5. The number of benzene rings is 1. The molecule has 2 aromatic rings. The molecule has 130 valence electrons. The Labute approximate surface area is 151 Å². The minimum absolute atomic E-state index is 0.733. The number of imidazole rings is 1. The van der Waals surface area contributed by atoms with Gasteiger partial charge in [0.15, 0.2) is 5.16 Å². The van der Waals surface area contributed by atoms with Crippen molar-refractivity contribution in [3.63, 3.8) is 0 Å². The van der Waals surface area contributed by atoms with Crippen molar-refractivity contribution in [3.05, 3.63) is 17.2 Å². The zero-order valence-electron chi connectivity index (χ0n) is 13.7. The lowest BCUT2D eigenvalue weighted by Gasteiger charge is -2.30. The molecule has 2 N–H and O–H groups in total. The lowest BCUT2D eigenvalue weighted by Crippen LogP contribution is -2.43. The molecule has 0 bridgehead atoms. The van der Waals surface area contributed by atoms with Crippen molar-refractivity contribution in [2.75, 3.05) is 50.0 Å². The lowest BCUT2D eigenvalue weighted by atomic mass is 10.0. The average molecular weight is 367 g/mol. The van der Waals surface area contributed by atoms with Crippen LogP contribution in [-0.2, 0) is 4.74 Å². The van der Waals surface area contributed by atoms with E-state index in [4.69, 9.17) is 21.3 Å². The van der Waals surface area contributed by atoms with Crippen LogP contribution in [-0.4, -0.2) is 55.1 Å². The Hall–Kier alpha value is -0.950. The third-order valence-electron chi connectivity index (χ3n) is 4.78. The molecule has 3 heterocycles. The highest BCUT2D eigenvalue weighted by Crippen LogP contribution is 2.32. The summed E-state index contributed by atoms with van der Waals surface area (Å²) >= 11 is 8.33. The zero-order chi connectivity index (χ0) is 16.4. The van der Waals surface area contributed by atoms with E-state index in [1.807, 2.05) is 17.8 Å². The molecule has 1 aromatic heterocycles. The summed E-state index contributed by atoms with van der Waals surface area (Å²) in [6, 6.07) is 4.14. The highest BCUT2D eigenvalue weighted by atomic mass is 35.5. The van der Waals surface area contributed by atoms with E-state index in [-0.39, 0.29) is 0 Å². The highest BCUT2D eigenvalue weighted by molar-refractivity contribution is 7.99. The first-order chi connectivity index (χ1) is 11.8. The minimum atomic E-state index is 0.733. The summed E-state index contributed by atoms with van der Waals surface area (Å²) in [5.74, 6) is 1.83. The zero-order valence-corrected chi connectivity index (χ0v) is 15.3. The first-order valence-electron chi connectivity index (χ1n) is 8.65. The van der Waals surface area contributed by atoms with E-state index in [9.17, 15) is 0 Å². The number of rotatable bonds is 4. The number of ether oxygens (including phenoxy) is 1. The molecule has 2 aliphatic heterocycles. The fourth-order valence-corrected chi connectivity index (χ4v) is 4.68. The van der Waals surface area contributed by atoms with Crippen LogP contribution in [0.15, 0.2) is 17.3 Å². The minimum Gasteiger partial charge on any atom is -0.381 e. The van der Waals surface area contributed by atoms with E-state index in [0.717, 1.165) is 90.8 Å². The topological polar surface area (TPSA) is 53.2 Å². The van der Waals surface area contributed by atoms with Crippen molar-refractivity contribution in [2.24, 2.45) is 5.92 Å². The van der Waals surface area contributed by atoms with E-state index < -0.39 is 0 Å². The van der Waals surface area contributed by atoms with Gasteiger partial charge in [-0.3, -0.25) is 0 Å². The van der Waals surface area contributed by atoms with Crippen molar-refractivity contribution in [1.29, 1.82) is 0 Å². The van der Waals surface area contributed by atoms with Gasteiger partial charge in [0.25, 0.3) is 0 Å². The Kier molecular flexibility index (Phi) is 5.17. The van der Waals surface area contributed by atoms with Crippen molar-refractivity contribution in [2.45, 2.75) is 18.0 Å². The third kappa shape index (κ3) is 3.67. The van der Waals surface area contributed by atoms with Crippen molar-refractivity contribution < 1.29 is 4.74 Å². The number of nitrogens with one attached hydrogen (secondary N) is 2. The number of piperazine rings is 1. The van der Waals surface area contributed by atoms with Crippen molar-refractivity contribution >= 4 is 40.1 Å². The Morgan fingerprint density at radius 3 is 2.83 bits per heavy atom. The van der Waals surface area contributed by atoms with Crippen LogP contribution in [0.3, 0.4) is 0 Å². The molecule has 0 atom stereocenters. The SMILES string of the molecule is Clc1cc2[nH]c(SCC3CCOCC3)nc2cc1N1CCNCC1. The van der Waals surface area contributed by atoms with Crippen LogP contribution in [0.1, 0.15) is 12.8 Å². The van der Waals surface area contributed by atoms with Crippen molar-refractivity contribution in [3.8, 4) is 0 Å². The van der Waals surface area contributed by atoms with Crippen LogP contribution in [0, 0.1) is 5.92 Å². The van der Waals surface area contributed by atoms with Gasteiger partial charge in [-0.25, -0.2) is 4.98 Å². The predicted octanol–water partition coefficient (Wildman–Crippen LogP) is 3.14. The normalized spacial score (nSPS) is 20.0. The Bertz CT molecular complexity index is 695. The van der Waals surface area contributed by atoms with E-state index in [2.05, 4.69) is 21.3 Å². The molecule has 5 nitrogen and oxygen atoms in total. The second kappa shape index (κ2) is 7.52. The van der Waals surface area contributed by atoms with E-state index in [1.54, 1.807) is 0 Å². The number of hydrogen-bond donors (Lipinski definition) is 2. The van der Waals surface area contributed by atoms with Gasteiger partial charge in [-0.05, 0) is 30.9 Å². The summed E-state index contributed by atoms with van der Waals surface area (Å²) in [6.45, 7) is 5.77. The number of anilines is 1. The molecule has 0 unspecified atom stereocenters. The summed E-state index contributed by atoms with van der Waals surface area (Å²) in [4.78, 5) is 10.5. The molecule has 2 saturated heterocycles. The molecule has 1 aromatic carbocycles. The van der Waals surface area contributed by atoms with E-state index in [0.29, 0.717) is 0 Å². The van der Waals surface area contributed by atoms with Crippen LogP contribution in [0.5, 0.6) is 0 Å². The second-order valence-corrected chi connectivity index (χ2v) is 7.88. The van der Waals surface area contributed by atoms with Gasteiger partial charge in [-0.15, -0.1) is 0 Å². The molecular formula is C17H23ClN4OS. The molecule has 24 heavy (non-hydrogen) atoms. The molecule has 0 radical (unpaired) electrons. The first-order valence-corrected chi connectivity index (χ1v) is 10.0. The van der Waals surface area contributed by atoms with E-state index >= 15 is 0 Å². The van der Waals surface area contributed by atoms with Gasteiger partial charge < -0.3 is 19.9 Å². The average Bonchev–Trinajstić information content (AvgIpc) is 3.02. The van der Waals surface area contributed by atoms with Gasteiger partial charge in [-0.1, -0.05) is 23.4 Å². The summed E-state index contributed by atoms with van der Waals surface area (Å²) in [6.07, 6.45) is 2.32. The maximum atomic E-state index is 6.51. The van der Waals surface area contributed by atoms with Gasteiger partial charge in [0.1, 0.15) is 0 Å². The van der Waals surface area contributed by atoms with Crippen LogP contribution in [0.4, 0.5) is 5.69 Å². The molecule has 2 fully saturated rings. The number of halogens is 1. The third-order valence-corrected chi connectivity index (χ3v) is 6.19. The maximum absolute atomic E-state index is 6.51. The summed E-state index contributed by atoms with van der Waals surface area (Å²) in [5, 5.41) is 5.17. The molecule has 7 heteroatoms. The number of nitrogens with zero attached hydrogens (tertiary/aromatic N) is 2. The molecule has 0 saturated carbocycles. The molecular weight excluding hydrogens is 344 g/mol. The molecule has 2 aliphatic rings. The van der Waals surface area contributed by atoms with Crippen LogP contribution in [0.2, 0.25) is 5.02 Å². The largest absolute Gasteiger partial charge is 0.381 e. The summed E-state index contributed by atoms with van der Waals surface area (Å²) in [5.41, 5.74) is 3.12. The molecule has 0 spiro atoms. The maximum Gasteiger partial charge on any atom is 0.166 e. The quantitative estimate of drug-likeness (QED) is 0.814. The lowest BCUT2D eigenvalue weighted by molar-refractivity contribution is 0.0728.